The van der Waals surface area contributed by atoms with Crippen molar-refractivity contribution in [3.8, 4) is 11.5 Å². The molecule has 4 unspecified atom stereocenters. The molecule has 2 aromatic carbocycles. The van der Waals surface area contributed by atoms with Crippen LogP contribution in [0.1, 0.15) is 59.5 Å². The zero-order valence-corrected chi connectivity index (χ0v) is 26.1. The molecule has 12 N–H and O–H groups in total. The summed E-state index contributed by atoms with van der Waals surface area (Å²) in [7, 11) is 0. The minimum absolute atomic E-state index is 0.121. The number of aliphatic hydroxyl groups is 4. The molecule has 1 aliphatic carbocycles. The Bertz CT molecular complexity index is 1250. The van der Waals surface area contributed by atoms with Gasteiger partial charge in [0.25, 0.3) is 0 Å². The molecule has 3 rings (SSSR count). The number of carboxylic acids is 2. The maximum atomic E-state index is 13.4. The molecular formula is C30H44N4O12. The largest absolute Gasteiger partial charge is 0.507 e. The first-order chi connectivity index (χ1) is 21.5. The summed E-state index contributed by atoms with van der Waals surface area (Å²) in [5, 5.41) is 83.3. The monoisotopic (exact) mass is 652 g/mol. The Morgan fingerprint density at radius 1 is 0.587 bits per heavy atom. The van der Waals surface area contributed by atoms with Crippen LogP contribution < -0.4 is 21.3 Å². The quantitative estimate of drug-likeness (QED) is 0.0775. The maximum absolute atomic E-state index is 13.4. The summed E-state index contributed by atoms with van der Waals surface area (Å²) in [6.45, 7) is 8.46. The van der Waals surface area contributed by atoms with E-state index in [4.69, 9.17) is 20.4 Å². The Morgan fingerprint density at radius 2 is 0.891 bits per heavy atom. The number of anilines is 2. The van der Waals surface area contributed by atoms with Crippen LogP contribution in [0.4, 0.5) is 11.4 Å². The molecule has 0 spiro atoms. The van der Waals surface area contributed by atoms with E-state index in [9.17, 15) is 39.6 Å². The average Bonchev–Trinajstić information content (AvgIpc) is 2.97. The van der Waals surface area contributed by atoms with Crippen molar-refractivity contribution in [2.75, 3.05) is 49.9 Å². The topological polar surface area (TPSA) is 278 Å². The highest BCUT2D eigenvalue weighted by molar-refractivity contribution is 6.33. The highest BCUT2D eigenvalue weighted by atomic mass is 16.4. The van der Waals surface area contributed by atoms with E-state index in [0.29, 0.717) is 50.6 Å². The molecule has 46 heavy (non-hydrogen) atoms. The Kier molecular flexibility index (Phi) is 16.6. The lowest BCUT2D eigenvalue weighted by Crippen LogP contribution is -2.31. The average molecular weight is 653 g/mol. The Labute approximate surface area is 265 Å². The van der Waals surface area contributed by atoms with Gasteiger partial charge in [-0.2, -0.15) is 0 Å². The van der Waals surface area contributed by atoms with E-state index in [1.807, 2.05) is 0 Å². The van der Waals surface area contributed by atoms with Gasteiger partial charge >= 0.3 is 11.9 Å². The number of aromatic hydroxyl groups is 2. The molecule has 0 saturated carbocycles. The van der Waals surface area contributed by atoms with Crippen molar-refractivity contribution in [1.82, 2.24) is 10.6 Å². The van der Waals surface area contributed by atoms with Gasteiger partial charge < -0.3 is 62.1 Å². The van der Waals surface area contributed by atoms with Gasteiger partial charge in [0.2, 0.25) is 11.6 Å². The molecule has 256 valence electrons. The molecule has 1 aliphatic rings. The highest BCUT2D eigenvalue weighted by Gasteiger charge is 2.37. The fourth-order valence-corrected chi connectivity index (χ4v) is 3.85. The van der Waals surface area contributed by atoms with E-state index in [1.165, 1.54) is 26.0 Å². The number of carboxylic acid groups (broad SMARTS) is 2. The molecular weight excluding hydrogens is 608 g/mol. The number of benzene rings is 2. The van der Waals surface area contributed by atoms with Crippen LogP contribution in [0, 0.1) is 0 Å². The Balaban J connectivity index is 0.000000747. The number of ketones is 2. The summed E-state index contributed by atoms with van der Waals surface area (Å²) < 4.78 is 0. The van der Waals surface area contributed by atoms with Gasteiger partial charge in [0, 0.05) is 50.6 Å². The second-order valence-corrected chi connectivity index (χ2v) is 10.4. The molecule has 0 bridgehead atoms. The van der Waals surface area contributed by atoms with Gasteiger partial charge in [-0.05, 0) is 52.0 Å². The van der Waals surface area contributed by atoms with Crippen molar-refractivity contribution in [1.29, 1.82) is 0 Å². The number of hydrogen-bond donors (Lipinski definition) is 12. The molecule has 0 radical (unpaired) electrons. The summed E-state index contributed by atoms with van der Waals surface area (Å²) >= 11 is 0. The summed E-state index contributed by atoms with van der Waals surface area (Å²) in [4.78, 5) is 45.8. The lowest BCUT2D eigenvalue weighted by Gasteiger charge is -2.25. The number of carbonyl (C=O) groups is 4. The fourth-order valence-electron chi connectivity index (χ4n) is 3.85. The molecule has 0 aromatic heterocycles. The van der Waals surface area contributed by atoms with Gasteiger partial charge in [0.1, 0.15) is 23.7 Å². The molecule has 0 amide bonds. The summed E-state index contributed by atoms with van der Waals surface area (Å²) in [5.41, 5.74) is 0.663. The van der Waals surface area contributed by atoms with Crippen LogP contribution in [0.5, 0.6) is 11.5 Å². The van der Waals surface area contributed by atoms with Gasteiger partial charge in [-0.3, -0.25) is 9.59 Å². The van der Waals surface area contributed by atoms with Crippen LogP contribution >= 0.6 is 0 Å². The van der Waals surface area contributed by atoms with E-state index in [2.05, 4.69) is 21.3 Å². The first-order valence-corrected chi connectivity index (χ1v) is 14.4. The van der Waals surface area contributed by atoms with Crippen LogP contribution in [0.2, 0.25) is 0 Å². The third kappa shape index (κ3) is 12.2. The maximum Gasteiger partial charge on any atom is 0.332 e. The number of aliphatic carboxylic acids is 2. The predicted octanol–water partition coefficient (Wildman–Crippen LogP) is -0.459. The summed E-state index contributed by atoms with van der Waals surface area (Å²) in [6.07, 6.45) is -3.44. The zero-order valence-electron chi connectivity index (χ0n) is 26.1. The Hall–Kier alpha value is -4.32. The minimum atomic E-state index is -1.23. The van der Waals surface area contributed by atoms with E-state index in [0.717, 1.165) is 0 Å². The number of hydrogen-bond acceptors (Lipinski definition) is 14. The van der Waals surface area contributed by atoms with Gasteiger partial charge in [0.05, 0.1) is 34.5 Å². The van der Waals surface area contributed by atoms with Crippen LogP contribution in [-0.2, 0) is 9.59 Å². The molecule has 2 aromatic rings. The van der Waals surface area contributed by atoms with Gasteiger partial charge in [-0.25, -0.2) is 9.59 Å². The lowest BCUT2D eigenvalue weighted by atomic mass is 9.81. The number of fused-ring (bicyclic) bond motifs is 2. The number of nitrogens with one attached hydrogen (secondary N) is 4. The lowest BCUT2D eigenvalue weighted by molar-refractivity contribution is -0.146. The van der Waals surface area contributed by atoms with Crippen LogP contribution in [0.3, 0.4) is 0 Å². The van der Waals surface area contributed by atoms with Crippen LogP contribution in [0.15, 0.2) is 24.3 Å². The fraction of sp³-hybridized carbons (Fsp3) is 0.467. The van der Waals surface area contributed by atoms with E-state index >= 15 is 0 Å². The third-order valence-electron chi connectivity index (χ3n) is 6.10. The molecule has 16 nitrogen and oxygen atoms in total. The van der Waals surface area contributed by atoms with Gasteiger partial charge in [0.15, 0.2) is 0 Å². The van der Waals surface area contributed by atoms with Crippen molar-refractivity contribution >= 4 is 34.9 Å². The van der Waals surface area contributed by atoms with Crippen LogP contribution in [-0.4, -0.2) is 128 Å². The van der Waals surface area contributed by atoms with Crippen molar-refractivity contribution < 1.29 is 60.0 Å². The first kappa shape index (κ1) is 39.7. The van der Waals surface area contributed by atoms with Crippen molar-refractivity contribution in [2.45, 2.75) is 52.1 Å². The Morgan fingerprint density at radius 3 is 1.15 bits per heavy atom. The number of aliphatic hydroxyl groups excluding tert-OH is 4. The first-order valence-electron chi connectivity index (χ1n) is 14.4. The second-order valence-electron chi connectivity index (χ2n) is 10.4. The van der Waals surface area contributed by atoms with Crippen molar-refractivity contribution in [3.63, 3.8) is 0 Å². The molecule has 0 fully saturated rings. The van der Waals surface area contributed by atoms with E-state index in [1.54, 1.807) is 26.0 Å². The van der Waals surface area contributed by atoms with E-state index in [-0.39, 0.29) is 33.8 Å². The normalized spacial score (nSPS) is 14.2. The number of phenols is 2. The standard InChI is InChI=1S/C24H32N4O6.2C3H6O3/c1-13(29)11-25-7-9-27-15-3-4-16(28-10-8-26-12-14(2)30)20-19(15)23(33)21-17(31)5-6-18(32)22(21)24(20)34;2*1-2(4)3(5)6/h3-6,13-14,25-32H,7-12H2,1-2H3;2*2,4H,1H3,(H,5,6). The predicted molar refractivity (Wildman–Crippen MR) is 168 cm³/mol. The van der Waals surface area contributed by atoms with Crippen molar-refractivity contribution in [3.05, 3.63) is 46.5 Å². The third-order valence-corrected chi connectivity index (χ3v) is 6.10. The molecule has 0 heterocycles. The van der Waals surface area contributed by atoms with Crippen molar-refractivity contribution in [2.24, 2.45) is 0 Å². The summed E-state index contributed by atoms with van der Waals surface area (Å²) in [6, 6.07) is 5.75. The summed E-state index contributed by atoms with van der Waals surface area (Å²) in [5.74, 6) is -4.24. The SMILES string of the molecule is CC(O)C(=O)O.CC(O)C(=O)O.CC(O)CNCCNc1ccc(NCCNCC(C)O)c2c1C(=O)c1c(O)ccc(O)c1C2=O. The highest BCUT2D eigenvalue weighted by Crippen LogP contribution is 2.42. The zero-order chi connectivity index (χ0) is 35.1. The van der Waals surface area contributed by atoms with Gasteiger partial charge in [-0.1, -0.05) is 0 Å². The molecule has 0 aliphatic heterocycles. The smallest absolute Gasteiger partial charge is 0.332 e. The number of phenolic OH excluding ortho intramolecular Hbond substituents is 2. The van der Waals surface area contributed by atoms with Crippen LogP contribution in [0.25, 0.3) is 0 Å². The minimum Gasteiger partial charge on any atom is -0.507 e. The van der Waals surface area contributed by atoms with Gasteiger partial charge in [-0.15, -0.1) is 0 Å². The molecule has 0 saturated heterocycles. The number of carbonyl (C=O) groups excluding carboxylic acids is 2. The second kappa shape index (κ2) is 19.3. The number of rotatable bonds is 14. The molecule has 16 heteroatoms. The molecule has 4 atom stereocenters. The van der Waals surface area contributed by atoms with E-state index < -0.39 is 47.9 Å².